The first-order valence-electron chi connectivity index (χ1n) is 11.9. The number of aromatic nitrogens is 2. The van der Waals surface area contributed by atoms with Crippen molar-refractivity contribution >= 4 is 27.5 Å². The van der Waals surface area contributed by atoms with Crippen molar-refractivity contribution in [3.05, 3.63) is 35.0 Å². The minimum absolute atomic E-state index is 0.00834. The van der Waals surface area contributed by atoms with Crippen LogP contribution in [0.2, 0.25) is 0 Å². The number of hydrogen-bond acceptors (Lipinski definition) is 7. The quantitative estimate of drug-likeness (QED) is 0.447. The number of nitrogens with one attached hydrogen (secondary N) is 2. The molecule has 0 saturated heterocycles. The van der Waals surface area contributed by atoms with Crippen molar-refractivity contribution in [2.45, 2.75) is 50.1 Å². The molecule has 2 aliphatic heterocycles. The van der Waals surface area contributed by atoms with Crippen molar-refractivity contribution in [3.63, 3.8) is 0 Å². The zero-order valence-electron chi connectivity index (χ0n) is 20.9. The summed E-state index contributed by atoms with van der Waals surface area (Å²) in [6.07, 6.45) is -9.54. The lowest BCUT2D eigenvalue weighted by molar-refractivity contribution is -0.153. The maximum absolute atomic E-state index is 13.4. The van der Waals surface area contributed by atoms with Crippen LogP contribution in [-0.4, -0.2) is 67.6 Å². The van der Waals surface area contributed by atoms with Crippen LogP contribution in [0.3, 0.4) is 0 Å². The van der Waals surface area contributed by atoms with E-state index in [-0.39, 0.29) is 54.6 Å². The Hall–Kier alpha value is -3.50. The molecular weight excluding hydrogens is 574 g/mol. The maximum Gasteiger partial charge on any atom is 0.422 e. The first kappa shape index (κ1) is 29.5. The molecule has 10 nitrogen and oxygen atoms in total. The van der Waals surface area contributed by atoms with Crippen molar-refractivity contribution in [2.24, 2.45) is 0 Å². The van der Waals surface area contributed by atoms with Gasteiger partial charge in [0.2, 0.25) is 5.91 Å². The first-order valence-corrected chi connectivity index (χ1v) is 13.9. The fourth-order valence-electron chi connectivity index (χ4n) is 4.66. The van der Waals surface area contributed by atoms with Crippen molar-refractivity contribution in [1.82, 2.24) is 15.1 Å². The Morgan fingerprint density at radius 1 is 1.23 bits per heavy atom. The number of halogens is 6. The molecule has 1 aromatic heterocycles. The lowest BCUT2D eigenvalue weighted by Gasteiger charge is -2.41. The molecular formula is C23H24F6N4O6S. The van der Waals surface area contributed by atoms with Crippen molar-refractivity contribution in [3.8, 4) is 11.5 Å². The van der Waals surface area contributed by atoms with Gasteiger partial charge in [-0.3, -0.25) is 9.59 Å². The Morgan fingerprint density at radius 2 is 1.95 bits per heavy atom. The number of rotatable bonds is 8. The summed E-state index contributed by atoms with van der Waals surface area (Å²) >= 11 is 0. The van der Waals surface area contributed by atoms with E-state index in [2.05, 4.69) is 15.7 Å². The van der Waals surface area contributed by atoms with E-state index in [9.17, 15) is 44.3 Å². The summed E-state index contributed by atoms with van der Waals surface area (Å²) in [5.74, 6) is -2.84. The fourth-order valence-corrected chi connectivity index (χ4v) is 5.21. The molecule has 0 fully saturated rings. The minimum Gasteiger partial charge on any atom is -0.493 e. The van der Waals surface area contributed by atoms with Crippen molar-refractivity contribution in [1.29, 1.82) is 0 Å². The molecule has 2 N–H and O–H groups in total. The Kier molecular flexibility index (Phi) is 7.72. The third-order valence-electron chi connectivity index (χ3n) is 6.21. The Balaban J connectivity index is 1.67. The van der Waals surface area contributed by atoms with Crippen LogP contribution < -0.4 is 20.1 Å². The summed E-state index contributed by atoms with van der Waals surface area (Å²) in [7, 11) is -3.76. The van der Waals surface area contributed by atoms with E-state index in [0.29, 0.717) is 5.56 Å². The van der Waals surface area contributed by atoms with Gasteiger partial charge in [-0.25, -0.2) is 13.1 Å². The Morgan fingerprint density at radius 3 is 2.60 bits per heavy atom. The van der Waals surface area contributed by atoms with Crippen LogP contribution in [-0.2, 0) is 33.1 Å². The van der Waals surface area contributed by atoms with Crippen LogP contribution in [0.1, 0.15) is 40.9 Å². The van der Waals surface area contributed by atoms with Crippen LogP contribution in [0.5, 0.6) is 11.5 Å². The SMILES string of the molecule is CS(=O)(=O)CC(=O)Nc1c2c(nn1CCCC(F)(F)F)C[C@]1(CCOc3cc(OCC(F)(F)F)ccc31)NC2=O. The molecule has 0 aliphatic carbocycles. The summed E-state index contributed by atoms with van der Waals surface area (Å²) in [5, 5.41) is 9.44. The van der Waals surface area contributed by atoms with Gasteiger partial charge in [-0.15, -0.1) is 0 Å². The molecule has 0 unspecified atom stereocenters. The number of carbonyl (C=O) groups is 2. The van der Waals surface area contributed by atoms with Gasteiger partial charge in [-0.05, 0) is 18.6 Å². The molecule has 0 saturated carbocycles. The number of benzene rings is 1. The lowest BCUT2D eigenvalue weighted by atomic mass is 9.77. The normalized spacial score (nSPS) is 18.9. The van der Waals surface area contributed by atoms with E-state index < -0.39 is 64.7 Å². The van der Waals surface area contributed by atoms with Gasteiger partial charge in [-0.1, -0.05) is 0 Å². The van der Waals surface area contributed by atoms with Gasteiger partial charge >= 0.3 is 12.4 Å². The topological polar surface area (TPSA) is 129 Å². The van der Waals surface area contributed by atoms with E-state index in [1.54, 1.807) is 0 Å². The zero-order chi connectivity index (χ0) is 29.5. The second kappa shape index (κ2) is 10.5. The number of ether oxygens (including phenoxy) is 2. The number of nitrogens with zero attached hydrogens (tertiary/aromatic N) is 2. The summed E-state index contributed by atoms with van der Waals surface area (Å²) in [4.78, 5) is 25.7. The molecule has 1 spiro atoms. The van der Waals surface area contributed by atoms with E-state index in [1.807, 2.05) is 0 Å². The number of fused-ring (bicyclic) bond motifs is 3. The highest BCUT2D eigenvalue weighted by Gasteiger charge is 2.46. The monoisotopic (exact) mass is 598 g/mol. The number of aryl methyl sites for hydroxylation is 1. The van der Waals surface area contributed by atoms with Crippen molar-refractivity contribution in [2.75, 3.05) is 30.5 Å². The van der Waals surface area contributed by atoms with Crippen LogP contribution in [0, 0.1) is 0 Å². The molecule has 40 heavy (non-hydrogen) atoms. The zero-order valence-corrected chi connectivity index (χ0v) is 21.7. The third kappa shape index (κ3) is 6.98. The summed E-state index contributed by atoms with van der Waals surface area (Å²) in [5.41, 5.74) is -0.695. The summed E-state index contributed by atoms with van der Waals surface area (Å²) < 4.78 is 110. The first-order chi connectivity index (χ1) is 18.4. The van der Waals surface area contributed by atoms with Gasteiger partial charge in [-0.2, -0.15) is 31.4 Å². The average Bonchev–Trinajstić information content (AvgIpc) is 3.12. The molecule has 2 amide bonds. The predicted octanol–water partition coefficient (Wildman–Crippen LogP) is 3.11. The minimum atomic E-state index is -4.56. The van der Waals surface area contributed by atoms with E-state index in [4.69, 9.17) is 9.47 Å². The van der Waals surface area contributed by atoms with Gasteiger partial charge in [0.25, 0.3) is 5.91 Å². The number of amides is 2. The highest BCUT2D eigenvalue weighted by molar-refractivity contribution is 7.91. The number of alkyl halides is 6. The largest absolute Gasteiger partial charge is 0.493 e. The Labute approximate surface area is 223 Å². The molecule has 1 aromatic carbocycles. The van der Waals surface area contributed by atoms with E-state index >= 15 is 0 Å². The molecule has 0 radical (unpaired) electrons. The van der Waals surface area contributed by atoms with E-state index in [0.717, 1.165) is 10.9 Å². The number of carbonyl (C=O) groups excluding carboxylic acids is 2. The number of sulfone groups is 1. The summed E-state index contributed by atoms with van der Waals surface area (Å²) in [6, 6.07) is 3.99. The van der Waals surface area contributed by atoms with Gasteiger partial charge in [0, 0.05) is 43.7 Å². The average molecular weight is 599 g/mol. The van der Waals surface area contributed by atoms with Crippen molar-refractivity contribution < 1.29 is 53.8 Å². The highest BCUT2D eigenvalue weighted by atomic mass is 32.2. The number of hydrogen-bond donors (Lipinski definition) is 2. The molecule has 2 aliphatic rings. The fraction of sp³-hybridized carbons (Fsp3) is 0.522. The second-order valence-corrected chi connectivity index (χ2v) is 11.7. The highest BCUT2D eigenvalue weighted by Crippen LogP contribution is 2.44. The molecule has 3 heterocycles. The van der Waals surface area contributed by atoms with Crippen LogP contribution >= 0.6 is 0 Å². The van der Waals surface area contributed by atoms with Gasteiger partial charge in [0.05, 0.1) is 17.8 Å². The molecule has 4 rings (SSSR count). The Bertz CT molecular complexity index is 1420. The summed E-state index contributed by atoms with van der Waals surface area (Å²) in [6.45, 7) is -1.78. The third-order valence-corrected chi connectivity index (χ3v) is 7.00. The molecule has 220 valence electrons. The van der Waals surface area contributed by atoms with Crippen LogP contribution in [0.4, 0.5) is 32.2 Å². The molecule has 1 atom stereocenters. The smallest absolute Gasteiger partial charge is 0.422 e. The molecule has 0 bridgehead atoms. The lowest BCUT2D eigenvalue weighted by Crippen LogP contribution is -2.53. The second-order valence-electron chi connectivity index (χ2n) is 9.60. The van der Waals surface area contributed by atoms with Gasteiger partial charge in [0.15, 0.2) is 16.4 Å². The molecule has 2 aromatic rings. The van der Waals surface area contributed by atoms with Gasteiger partial charge in [0.1, 0.15) is 28.6 Å². The standard InChI is InChI=1S/C23H24F6N4O6S/c1-40(36,37)11-17(34)30-19-18-15(32-33(19)7-2-5-22(24,25)26)10-21(31-20(18)35)6-8-38-16-9-13(3-4-14(16)21)39-12-23(27,28)29/h3-4,9H,2,5-8,10-12H2,1H3,(H,30,34)(H,31,35)/t21-/m0/s1. The van der Waals surface area contributed by atoms with E-state index in [1.165, 1.54) is 18.2 Å². The van der Waals surface area contributed by atoms with Gasteiger partial charge < -0.3 is 20.1 Å². The predicted molar refractivity (Wildman–Crippen MR) is 127 cm³/mol. The van der Waals surface area contributed by atoms with Crippen LogP contribution in [0.25, 0.3) is 0 Å². The van der Waals surface area contributed by atoms with Crippen LogP contribution in [0.15, 0.2) is 18.2 Å². The maximum atomic E-state index is 13.4. The number of anilines is 1. The molecule has 17 heteroatoms.